The van der Waals surface area contributed by atoms with Crippen LogP contribution in [0.3, 0.4) is 0 Å². The van der Waals surface area contributed by atoms with Crippen molar-refractivity contribution in [3.63, 3.8) is 0 Å². The number of benzene rings is 2. The second-order valence-corrected chi connectivity index (χ2v) is 6.88. The van der Waals surface area contributed by atoms with Gasteiger partial charge < -0.3 is 15.2 Å². The lowest BCUT2D eigenvalue weighted by Crippen LogP contribution is -2.05. The Balaban J connectivity index is 1.86. The summed E-state index contributed by atoms with van der Waals surface area (Å²) in [6.07, 6.45) is 0.869. The highest BCUT2D eigenvalue weighted by Crippen LogP contribution is 2.39. The number of methoxy groups -OCH3 is 1. The van der Waals surface area contributed by atoms with Crippen LogP contribution < -0.4 is 10.1 Å². The highest BCUT2D eigenvalue weighted by atomic mass is 79.9. The van der Waals surface area contributed by atoms with Crippen molar-refractivity contribution in [2.45, 2.75) is 6.42 Å². The number of aromatic nitrogens is 2. The van der Waals surface area contributed by atoms with Gasteiger partial charge in [-0.25, -0.2) is 9.48 Å². The molecular formula is C19H16BrN3O3. The zero-order valence-electron chi connectivity index (χ0n) is 14.0. The number of nitrogens with one attached hydrogen (secondary N) is 1. The molecule has 2 N–H and O–H groups in total. The number of hydrogen-bond donors (Lipinski definition) is 2. The Labute approximate surface area is 158 Å². The second kappa shape index (κ2) is 6.49. The minimum atomic E-state index is -0.945. The summed E-state index contributed by atoms with van der Waals surface area (Å²) in [5.41, 5.74) is 3.97. The highest BCUT2D eigenvalue weighted by Gasteiger charge is 2.25. The van der Waals surface area contributed by atoms with Crippen molar-refractivity contribution < 1.29 is 14.6 Å². The van der Waals surface area contributed by atoms with Gasteiger partial charge in [0.2, 0.25) is 0 Å². The summed E-state index contributed by atoms with van der Waals surface area (Å²) < 4.78 is 8.29. The molecule has 1 aliphatic rings. The lowest BCUT2D eigenvalue weighted by molar-refractivity contribution is 0.0697. The summed E-state index contributed by atoms with van der Waals surface area (Å²) in [6.45, 7) is 0.837. The Bertz CT molecular complexity index is 996. The summed E-state index contributed by atoms with van der Waals surface area (Å²) in [6, 6.07) is 12.5. The highest BCUT2D eigenvalue weighted by molar-refractivity contribution is 9.10. The molecule has 0 unspecified atom stereocenters. The largest absolute Gasteiger partial charge is 0.496 e. The van der Waals surface area contributed by atoms with Crippen LogP contribution in [0.25, 0.3) is 16.9 Å². The van der Waals surface area contributed by atoms with Crippen molar-refractivity contribution in [1.29, 1.82) is 0 Å². The Kier molecular flexibility index (Phi) is 4.16. The first-order valence-electron chi connectivity index (χ1n) is 8.12. The smallest absolute Gasteiger partial charge is 0.335 e. The molecule has 3 aromatic rings. The zero-order valence-corrected chi connectivity index (χ0v) is 15.6. The van der Waals surface area contributed by atoms with Crippen molar-refractivity contribution in [2.24, 2.45) is 0 Å². The fourth-order valence-electron chi connectivity index (χ4n) is 3.19. The second-order valence-electron chi connectivity index (χ2n) is 5.96. The van der Waals surface area contributed by atoms with E-state index in [1.54, 1.807) is 31.4 Å². The number of fused-ring (bicyclic) bond motifs is 1. The predicted octanol–water partition coefficient (Wildman–Crippen LogP) is 3.98. The van der Waals surface area contributed by atoms with E-state index in [0.29, 0.717) is 0 Å². The molecule has 2 heterocycles. The lowest BCUT2D eigenvalue weighted by atomic mass is 10.1. The quantitative estimate of drug-likeness (QED) is 0.676. The molecule has 0 spiro atoms. The molecule has 132 valence electrons. The molecule has 7 heteroatoms. The number of carboxylic acids is 1. The molecule has 1 aliphatic heterocycles. The molecule has 26 heavy (non-hydrogen) atoms. The maximum atomic E-state index is 11.1. The van der Waals surface area contributed by atoms with Gasteiger partial charge in [-0.3, -0.25) is 0 Å². The topological polar surface area (TPSA) is 76.4 Å². The third-order valence-electron chi connectivity index (χ3n) is 4.43. The van der Waals surface area contributed by atoms with E-state index in [9.17, 15) is 4.79 Å². The van der Waals surface area contributed by atoms with Gasteiger partial charge in [0.1, 0.15) is 17.3 Å². The third-order valence-corrected chi connectivity index (χ3v) is 4.92. The van der Waals surface area contributed by atoms with Crippen molar-refractivity contribution in [2.75, 3.05) is 19.0 Å². The monoisotopic (exact) mass is 413 g/mol. The molecule has 0 radical (unpaired) electrons. The fraction of sp³-hybridized carbons (Fsp3) is 0.158. The first-order chi connectivity index (χ1) is 12.6. The molecule has 1 aromatic heterocycles. The van der Waals surface area contributed by atoms with Crippen LogP contribution in [0.2, 0.25) is 0 Å². The van der Waals surface area contributed by atoms with E-state index in [1.807, 2.05) is 22.9 Å². The van der Waals surface area contributed by atoms with E-state index in [4.69, 9.17) is 14.9 Å². The van der Waals surface area contributed by atoms with Crippen LogP contribution >= 0.6 is 15.9 Å². The number of carbonyl (C=O) groups is 1. The van der Waals surface area contributed by atoms with Crippen LogP contribution in [-0.4, -0.2) is 34.5 Å². The van der Waals surface area contributed by atoms with Gasteiger partial charge in [0, 0.05) is 22.1 Å². The number of anilines is 1. The molecule has 6 nitrogen and oxygen atoms in total. The molecule has 0 fully saturated rings. The number of halogens is 1. The number of hydrogen-bond acceptors (Lipinski definition) is 4. The van der Waals surface area contributed by atoms with Crippen LogP contribution in [0.5, 0.6) is 5.75 Å². The predicted molar refractivity (Wildman–Crippen MR) is 102 cm³/mol. The van der Waals surface area contributed by atoms with Crippen LogP contribution in [0.1, 0.15) is 15.9 Å². The number of aromatic carboxylic acids is 1. The fourth-order valence-corrected chi connectivity index (χ4v) is 3.55. The zero-order chi connectivity index (χ0) is 18.3. The Hall–Kier alpha value is -2.80. The van der Waals surface area contributed by atoms with Gasteiger partial charge in [0.15, 0.2) is 0 Å². The maximum absolute atomic E-state index is 11.1. The Morgan fingerprint density at radius 2 is 2.04 bits per heavy atom. The summed E-state index contributed by atoms with van der Waals surface area (Å²) in [4.78, 5) is 11.1. The van der Waals surface area contributed by atoms with Gasteiger partial charge in [-0.15, -0.1) is 0 Å². The van der Waals surface area contributed by atoms with Crippen LogP contribution in [0.4, 0.5) is 5.82 Å². The molecule has 4 rings (SSSR count). The Morgan fingerprint density at radius 1 is 1.27 bits per heavy atom. The first kappa shape index (κ1) is 16.7. The van der Waals surface area contributed by atoms with Crippen LogP contribution in [0.15, 0.2) is 46.9 Å². The Morgan fingerprint density at radius 3 is 2.73 bits per heavy atom. The van der Waals surface area contributed by atoms with Gasteiger partial charge in [-0.05, 0) is 48.9 Å². The standard InChI is InChI=1S/C19H16BrN3O3/c1-26-16-7-4-12(20)10-15(16)17-14-8-9-21-18(14)23(22-17)13-5-2-11(3-6-13)19(24)25/h2-7,10,21H,8-9H2,1H3,(H,24,25). The van der Waals surface area contributed by atoms with E-state index >= 15 is 0 Å². The molecule has 0 amide bonds. The van der Waals surface area contributed by atoms with Crippen molar-refractivity contribution in [1.82, 2.24) is 9.78 Å². The molecule has 0 bridgehead atoms. The number of ether oxygens (including phenoxy) is 1. The molecule has 0 atom stereocenters. The molecule has 2 aromatic carbocycles. The van der Waals surface area contributed by atoms with Crippen molar-refractivity contribution >= 4 is 27.7 Å². The van der Waals surface area contributed by atoms with E-state index in [-0.39, 0.29) is 5.56 Å². The maximum Gasteiger partial charge on any atom is 0.335 e. The van der Waals surface area contributed by atoms with Crippen molar-refractivity contribution in [3.05, 3.63) is 58.1 Å². The first-order valence-corrected chi connectivity index (χ1v) is 8.91. The molecule has 0 saturated carbocycles. The summed E-state index contributed by atoms with van der Waals surface area (Å²) in [5, 5.41) is 17.3. The minimum absolute atomic E-state index is 0.249. The summed E-state index contributed by atoms with van der Waals surface area (Å²) >= 11 is 3.52. The van der Waals surface area contributed by atoms with Gasteiger partial charge in [-0.2, -0.15) is 5.10 Å². The van der Waals surface area contributed by atoms with Gasteiger partial charge in [0.25, 0.3) is 0 Å². The third kappa shape index (κ3) is 2.74. The van der Waals surface area contributed by atoms with Gasteiger partial charge >= 0.3 is 5.97 Å². The number of nitrogens with zero attached hydrogens (tertiary/aromatic N) is 2. The van der Waals surface area contributed by atoms with E-state index in [0.717, 1.165) is 51.5 Å². The van der Waals surface area contributed by atoms with E-state index in [1.165, 1.54) is 0 Å². The van der Waals surface area contributed by atoms with Crippen molar-refractivity contribution in [3.8, 4) is 22.7 Å². The van der Waals surface area contributed by atoms with Gasteiger partial charge in [0.05, 0.1) is 18.4 Å². The normalized spacial score (nSPS) is 12.5. The minimum Gasteiger partial charge on any atom is -0.496 e. The summed E-state index contributed by atoms with van der Waals surface area (Å²) in [7, 11) is 1.65. The molecule has 0 saturated heterocycles. The average molecular weight is 414 g/mol. The van der Waals surface area contributed by atoms with E-state index < -0.39 is 5.97 Å². The SMILES string of the molecule is COc1ccc(Br)cc1-c1nn(-c2ccc(C(=O)O)cc2)c2c1CCN2. The van der Waals surface area contributed by atoms with E-state index in [2.05, 4.69) is 21.2 Å². The number of rotatable bonds is 4. The average Bonchev–Trinajstić information content (AvgIpc) is 3.24. The number of carboxylic acid groups (broad SMARTS) is 1. The summed E-state index contributed by atoms with van der Waals surface area (Å²) in [5.74, 6) is 0.749. The lowest BCUT2D eigenvalue weighted by Gasteiger charge is -2.08. The van der Waals surface area contributed by atoms with Crippen LogP contribution in [0, 0.1) is 0 Å². The molecule has 0 aliphatic carbocycles. The molecular weight excluding hydrogens is 398 g/mol. The van der Waals surface area contributed by atoms with Gasteiger partial charge in [-0.1, -0.05) is 15.9 Å². The van der Waals surface area contributed by atoms with Crippen LogP contribution in [-0.2, 0) is 6.42 Å².